The van der Waals surface area contributed by atoms with Crippen molar-refractivity contribution in [3.05, 3.63) is 41.5 Å². The van der Waals surface area contributed by atoms with Gasteiger partial charge in [0.1, 0.15) is 0 Å². The number of allylic oxidation sites excluding steroid dienone is 2. The van der Waals surface area contributed by atoms with Crippen LogP contribution in [0.25, 0.3) is 0 Å². The molecule has 3 N–H and O–H groups in total. The van der Waals surface area contributed by atoms with Crippen molar-refractivity contribution in [3.8, 4) is 0 Å². The zero-order valence-electron chi connectivity index (χ0n) is 12.1. The van der Waals surface area contributed by atoms with E-state index in [0.717, 1.165) is 24.8 Å². The van der Waals surface area contributed by atoms with E-state index in [4.69, 9.17) is 5.11 Å². The third-order valence-electron chi connectivity index (χ3n) is 3.65. The Morgan fingerprint density at radius 2 is 2.14 bits per heavy atom. The van der Waals surface area contributed by atoms with Crippen LogP contribution < -0.4 is 10.6 Å². The van der Waals surface area contributed by atoms with Gasteiger partial charge in [-0.2, -0.15) is 0 Å². The second kappa shape index (κ2) is 6.92. The van der Waals surface area contributed by atoms with Crippen LogP contribution >= 0.6 is 0 Å². The van der Waals surface area contributed by atoms with E-state index < -0.39 is 5.97 Å². The third kappa shape index (κ3) is 4.34. The number of amides is 2. The number of carboxylic acid groups (broad SMARTS) is 1. The van der Waals surface area contributed by atoms with Crippen LogP contribution in [-0.4, -0.2) is 23.7 Å². The standard InChI is InChI=1S/C16H20N2O3/c1-11-9-13(15(19)20)7-8-14(11)18-16(21)17-10-12-5-3-2-4-6-12/h2-3,7-9,12H,4-6,10H2,1H3,(H,19,20)(H2,17,18,21). The van der Waals surface area contributed by atoms with Gasteiger partial charge in [0.2, 0.25) is 0 Å². The molecule has 0 bridgehead atoms. The SMILES string of the molecule is Cc1cc(C(=O)O)ccc1NC(=O)NCC1CC=CCC1. The van der Waals surface area contributed by atoms with E-state index in [2.05, 4.69) is 22.8 Å². The van der Waals surface area contributed by atoms with Crippen LogP contribution in [-0.2, 0) is 0 Å². The molecular weight excluding hydrogens is 268 g/mol. The van der Waals surface area contributed by atoms with Crippen molar-refractivity contribution in [3.63, 3.8) is 0 Å². The lowest BCUT2D eigenvalue weighted by Crippen LogP contribution is -2.33. The van der Waals surface area contributed by atoms with Crippen molar-refractivity contribution < 1.29 is 14.7 Å². The average Bonchev–Trinajstić information content (AvgIpc) is 2.48. The van der Waals surface area contributed by atoms with Crippen LogP contribution in [0.5, 0.6) is 0 Å². The second-order valence-corrected chi connectivity index (χ2v) is 5.32. The van der Waals surface area contributed by atoms with Crippen LogP contribution in [0.1, 0.15) is 35.2 Å². The molecule has 2 rings (SSSR count). The Balaban J connectivity index is 1.87. The summed E-state index contributed by atoms with van der Waals surface area (Å²) in [7, 11) is 0. The van der Waals surface area contributed by atoms with Gasteiger partial charge in [-0.3, -0.25) is 0 Å². The molecule has 21 heavy (non-hydrogen) atoms. The normalized spacial score (nSPS) is 17.3. The third-order valence-corrected chi connectivity index (χ3v) is 3.65. The van der Waals surface area contributed by atoms with Crippen LogP contribution in [0.15, 0.2) is 30.4 Å². The molecule has 0 saturated carbocycles. The fourth-order valence-electron chi connectivity index (χ4n) is 2.38. The molecule has 5 nitrogen and oxygen atoms in total. The van der Waals surface area contributed by atoms with Crippen molar-refractivity contribution in [1.82, 2.24) is 5.32 Å². The van der Waals surface area contributed by atoms with E-state index in [1.807, 2.05) is 0 Å². The summed E-state index contributed by atoms with van der Waals surface area (Å²) < 4.78 is 0. The molecule has 0 radical (unpaired) electrons. The molecule has 1 unspecified atom stereocenters. The van der Waals surface area contributed by atoms with Gasteiger partial charge in [-0.1, -0.05) is 12.2 Å². The molecule has 1 aliphatic carbocycles. The van der Waals surface area contributed by atoms with E-state index in [-0.39, 0.29) is 11.6 Å². The first-order valence-electron chi connectivity index (χ1n) is 7.10. The van der Waals surface area contributed by atoms with E-state index in [0.29, 0.717) is 18.2 Å². The summed E-state index contributed by atoms with van der Waals surface area (Å²) >= 11 is 0. The Bertz CT molecular complexity index is 567. The molecule has 0 saturated heterocycles. The molecule has 0 aliphatic heterocycles. The summed E-state index contributed by atoms with van der Waals surface area (Å²) in [4.78, 5) is 22.7. The number of benzene rings is 1. The largest absolute Gasteiger partial charge is 0.478 e. The van der Waals surface area contributed by atoms with Gasteiger partial charge in [0, 0.05) is 12.2 Å². The molecule has 0 spiro atoms. The Morgan fingerprint density at radius 1 is 1.33 bits per heavy atom. The number of urea groups is 1. The summed E-state index contributed by atoms with van der Waals surface area (Å²) in [5.74, 6) is -0.476. The Kier molecular flexibility index (Phi) is 4.98. The zero-order chi connectivity index (χ0) is 15.2. The van der Waals surface area contributed by atoms with Crippen molar-refractivity contribution in [2.75, 3.05) is 11.9 Å². The maximum atomic E-state index is 11.9. The summed E-state index contributed by atoms with van der Waals surface area (Å²) in [6, 6.07) is 4.39. The molecule has 1 atom stereocenters. The highest BCUT2D eigenvalue weighted by molar-refractivity contribution is 5.92. The molecule has 0 heterocycles. The van der Waals surface area contributed by atoms with Crippen LogP contribution in [0.4, 0.5) is 10.5 Å². The topological polar surface area (TPSA) is 78.4 Å². The summed E-state index contributed by atoms with van der Waals surface area (Å²) in [5.41, 5.74) is 1.57. The number of carbonyl (C=O) groups is 2. The van der Waals surface area contributed by atoms with Crippen molar-refractivity contribution in [1.29, 1.82) is 0 Å². The van der Waals surface area contributed by atoms with Crippen molar-refractivity contribution in [2.45, 2.75) is 26.2 Å². The highest BCUT2D eigenvalue weighted by atomic mass is 16.4. The minimum atomic E-state index is -0.973. The highest BCUT2D eigenvalue weighted by Gasteiger charge is 2.12. The number of rotatable bonds is 4. The fraction of sp³-hybridized carbons (Fsp3) is 0.375. The Labute approximate surface area is 124 Å². The van der Waals surface area contributed by atoms with E-state index in [1.54, 1.807) is 19.1 Å². The van der Waals surface area contributed by atoms with E-state index >= 15 is 0 Å². The molecule has 1 aliphatic rings. The molecule has 0 fully saturated rings. The van der Waals surface area contributed by atoms with Gasteiger partial charge in [-0.05, 0) is 55.9 Å². The van der Waals surface area contributed by atoms with Crippen LogP contribution in [0.3, 0.4) is 0 Å². The average molecular weight is 288 g/mol. The first kappa shape index (κ1) is 15.1. The smallest absolute Gasteiger partial charge is 0.335 e. The number of carbonyl (C=O) groups excluding carboxylic acids is 1. The maximum absolute atomic E-state index is 11.9. The number of carboxylic acids is 1. The van der Waals surface area contributed by atoms with Crippen molar-refractivity contribution in [2.24, 2.45) is 5.92 Å². The molecule has 2 amide bonds. The minimum Gasteiger partial charge on any atom is -0.478 e. The van der Waals surface area contributed by atoms with Gasteiger partial charge >= 0.3 is 12.0 Å². The summed E-state index contributed by atoms with van der Waals surface area (Å²) in [6.45, 7) is 2.43. The highest BCUT2D eigenvalue weighted by Crippen LogP contribution is 2.18. The molecule has 1 aromatic rings. The van der Waals surface area contributed by atoms with Crippen LogP contribution in [0.2, 0.25) is 0 Å². The van der Waals surface area contributed by atoms with Crippen molar-refractivity contribution >= 4 is 17.7 Å². The number of hydrogen-bond donors (Lipinski definition) is 3. The minimum absolute atomic E-state index is 0.215. The first-order chi connectivity index (χ1) is 10.1. The Hall–Kier alpha value is -2.30. The quantitative estimate of drug-likeness (QED) is 0.745. The van der Waals surface area contributed by atoms with Gasteiger partial charge < -0.3 is 15.7 Å². The van der Waals surface area contributed by atoms with Gasteiger partial charge in [0.05, 0.1) is 5.56 Å². The van der Waals surface area contributed by atoms with E-state index in [9.17, 15) is 9.59 Å². The van der Waals surface area contributed by atoms with Gasteiger partial charge in [-0.25, -0.2) is 9.59 Å². The number of aromatic carboxylic acids is 1. The lowest BCUT2D eigenvalue weighted by Gasteiger charge is -2.18. The number of aryl methyl sites for hydroxylation is 1. The fourth-order valence-corrected chi connectivity index (χ4v) is 2.38. The maximum Gasteiger partial charge on any atom is 0.335 e. The molecular formula is C16H20N2O3. The molecule has 112 valence electrons. The molecule has 1 aromatic carbocycles. The summed E-state index contributed by atoms with van der Waals surface area (Å²) in [5, 5.41) is 14.5. The number of hydrogen-bond acceptors (Lipinski definition) is 2. The monoisotopic (exact) mass is 288 g/mol. The lowest BCUT2D eigenvalue weighted by molar-refractivity contribution is 0.0697. The lowest BCUT2D eigenvalue weighted by atomic mass is 9.94. The summed E-state index contributed by atoms with van der Waals surface area (Å²) in [6.07, 6.45) is 7.51. The molecule has 5 heteroatoms. The predicted molar refractivity (Wildman–Crippen MR) is 81.6 cm³/mol. The predicted octanol–water partition coefficient (Wildman–Crippen LogP) is 3.17. The van der Waals surface area contributed by atoms with E-state index in [1.165, 1.54) is 6.07 Å². The Morgan fingerprint density at radius 3 is 2.76 bits per heavy atom. The van der Waals surface area contributed by atoms with Gasteiger partial charge in [-0.15, -0.1) is 0 Å². The van der Waals surface area contributed by atoms with Gasteiger partial charge in [0.25, 0.3) is 0 Å². The second-order valence-electron chi connectivity index (χ2n) is 5.32. The number of anilines is 1. The van der Waals surface area contributed by atoms with Gasteiger partial charge in [0.15, 0.2) is 0 Å². The van der Waals surface area contributed by atoms with Crippen LogP contribution in [0, 0.1) is 12.8 Å². The first-order valence-corrected chi connectivity index (χ1v) is 7.10. The zero-order valence-corrected chi connectivity index (χ0v) is 12.1. The molecule has 0 aromatic heterocycles. The number of nitrogens with one attached hydrogen (secondary N) is 2.